The van der Waals surface area contributed by atoms with Gasteiger partial charge in [-0.05, 0) is 5.57 Å². The van der Waals surface area contributed by atoms with Crippen LogP contribution in [0.3, 0.4) is 0 Å². The Morgan fingerprint density at radius 3 is 3.09 bits per heavy atom. The third kappa shape index (κ3) is 1.09. The lowest BCUT2D eigenvalue weighted by atomic mass is 10.0. The van der Waals surface area contributed by atoms with Gasteiger partial charge in [0.15, 0.2) is 0 Å². The van der Waals surface area contributed by atoms with E-state index in [1.165, 1.54) is 0 Å². The van der Waals surface area contributed by atoms with Crippen LogP contribution in [0, 0.1) is 5.92 Å². The molecule has 2 fully saturated rings. The van der Waals surface area contributed by atoms with Crippen molar-refractivity contribution in [1.82, 2.24) is 0 Å². The van der Waals surface area contributed by atoms with Crippen molar-refractivity contribution in [2.45, 2.75) is 18.6 Å². The standard InChI is InChI=1S/C8H12O3/c1-5-6-3-10-4-11-8(6)2-7(5)9/h6-9H,1-4H2/t6?,7-,8+/m1/s1. The van der Waals surface area contributed by atoms with Gasteiger partial charge in [-0.15, -0.1) is 0 Å². The molecule has 1 saturated carbocycles. The van der Waals surface area contributed by atoms with Crippen molar-refractivity contribution in [2.75, 3.05) is 13.4 Å². The Balaban J connectivity index is 2.11. The maximum Gasteiger partial charge on any atom is 0.147 e. The largest absolute Gasteiger partial charge is 0.389 e. The number of fused-ring (bicyclic) bond motifs is 1. The number of rotatable bonds is 0. The Hall–Kier alpha value is -0.380. The fourth-order valence-electron chi connectivity index (χ4n) is 1.73. The SMILES string of the molecule is C=C1C2COCO[C@H]2C[C@H]1O. The van der Waals surface area contributed by atoms with Crippen molar-refractivity contribution in [1.29, 1.82) is 0 Å². The van der Waals surface area contributed by atoms with E-state index >= 15 is 0 Å². The number of aliphatic hydroxyl groups excluding tert-OH is 1. The van der Waals surface area contributed by atoms with Crippen LogP contribution in [0.2, 0.25) is 0 Å². The smallest absolute Gasteiger partial charge is 0.147 e. The van der Waals surface area contributed by atoms with Gasteiger partial charge in [0.25, 0.3) is 0 Å². The molecule has 1 N–H and O–H groups in total. The van der Waals surface area contributed by atoms with Gasteiger partial charge in [0, 0.05) is 12.3 Å². The second kappa shape index (κ2) is 2.59. The second-order valence-electron chi connectivity index (χ2n) is 3.13. The first-order chi connectivity index (χ1) is 5.29. The highest BCUT2D eigenvalue weighted by Crippen LogP contribution is 2.34. The molecular weight excluding hydrogens is 144 g/mol. The Morgan fingerprint density at radius 2 is 2.36 bits per heavy atom. The highest BCUT2D eigenvalue weighted by molar-refractivity contribution is 5.16. The zero-order chi connectivity index (χ0) is 7.84. The van der Waals surface area contributed by atoms with Crippen LogP contribution in [0.1, 0.15) is 6.42 Å². The first kappa shape index (κ1) is 7.28. The lowest BCUT2D eigenvalue weighted by Crippen LogP contribution is -2.30. The first-order valence-corrected chi connectivity index (χ1v) is 3.85. The van der Waals surface area contributed by atoms with Crippen molar-refractivity contribution in [3.63, 3.8) is 0 Å². The maximum absolute atomic E-state index is 9.39. The van der Waals surface area contributed by atoms with E-state index in [0.717, 1.165) is 5.57 Å². The molecule has 0 radical (unpaired) electrons. The highest BCUT2D eigenvalue weighted by atomic mass is 16.7. The van der Waals surface area contributed by atoms with Crippen molar-refractivity contribution in [2.24, 2.45) is 5.92 Å². The molecule has 62 valence electrons. The van der Waals surface area contributed by atoms with E-state index in [0.29, 0.717) is 19.8 Å². The lowest BCUT2D eigenvalue weighted by Gasteiger charge is -2.25. The summed E-state index contributed by atoms with van der Waals surface area (Å²) >= 11 is 0. The summed E-state index contributed by atoms with van der Waals surface area (Å²) < 4.78 is 10.4. The van der Waals surface area contributed by atoms with Gasteiger partial charge in [0.2, 0.25) is 0 Å². The van der Waals surface area contributed by atoms with Gasteiger partial charge in [-0.3, -0.25) is 0 Å². The monoisotopic (exact) mass is 156 g/mol. The normalized spacial score (nSPS) is 44.1. The molecule has 1 heterocycles. The Labute approximate surface area is 65.6 Å². The topological polar surface area (TPSA) is 38.7 Å². The molecule has 3 atom stereocenters. The number of aliphatic hydroxyl groups is 1. The minimum atomic E-state index is -0.383. The molecule has 2 aliphatic rings. The van der Waals surface area contributed by atoms with Crippen LogP contribution in [-0.2, 0) is 9.47 Å². The number of hydrogen-bond acceptors (Lipinski definition) is 3. The van der Waals surface area contributed by atoms with Gasteiger partial charge in [-0.25, -0.2) is 0 Å². The summed E-state index contributed by atoms with van der Waals surface area (Å²) in [5.41, 5.74) is 0.870. The first-order valence-electron chi connectivity index (χ1n) is 3.85. The maximum atomic E-state index is 9.39. The molecule has 0 aromatic carbocycles. The van der Waals surface area contributed by atoms with E-state index in [1.807, 2.05) is 0 Å². The van der Waals surface area contributed by atoms with Gasteiger partial charge in [0.05, 0.1) is 18.8 Å². The summed E-state index contributed by atoms with van der Waals surface area (Å²) in [6.45, 7) is 4.83. The van der Waals surface area contributed by atoms with E-state index in [4.69, 9.17) is 9.47 Å². The van der Waals surface area contributed by atoms with Crippen LogP contribution >= 0.6 is 0 Å². The molecule has 0 aromatic heterocycles. The molecule has 2 rings (SSSR count). The minimum absolute atomic E-state index is 0.145. The Kier molecular flexibility index (Phi) is 1.71. The molecule has 1 unspecified atom stereocenters. The van der Waals surface area contributed by atoms with E-state index in [2.05, 4.69) is 6.58 Å². The number of ether oxygens (including phenoxy) is 2. The summed E-state index contributed by atoms with van der Waals surface area (Å²) in [5.74, 6) is 0.221. The van der Waals surface area contributed by atoms with Gasteiger partial charge < -0.3 is 14.6 Å². The van der Waals surface area contributed by atoms with E-state index < -0.39 is 0 Å². The highest BCUT2D eigenvalue weighted by Gasteiger charge is 2.39. The molecule has 1 aliphatic carbocycles. The average Bonchev–Trinajstić information content (AvgIpc) is 2.30. The molecule has 11 heavy (non-hydrogen) atoms. The van der Waals surface area contributed by atoms with Crippen molar-refractivity contribution < 1.29 is 14.6 Å². The van der Waals surface area contributed by atoms with Crippen LogP contribution < -0.4 is 0 Å². The average molecular weight is 156 g/mol. The number of hydrogen-bond donors (Lipinski definition) is 1. The fourth-order valence-corrected chi connectivity index (χ4v) is 1.73. The summed E-state index contributed by atoms with van der Waals surface area (Å²) in [6.07, 6.45) is 0.449. The third-order valence-electron chi connectivity index (χ3n) is 2.47. The van der Waals surface area contributed by atoms with Gasteiger partial charge >= 0.3 is 0 Å². The predicted molar refractivity (Wildman–Crippen MR) is 38.9 cm³/mol. The zero-order valence-corrected chi connectivity index (χ0v) is 6.32. The molecule has 0 amide bonds. The molecule has 0 spiro atoms. The molecule has 1 saturated heterocycles. The molecule has 0 aromatic rings. The van der Waals surface area contributed by atoms with Gasteiger partial charge in [0.1, 0.15) is 6.79 Å². The summed E-state index contributed by atoms with van der Waals surface area (Å²) in [4.78, 5) is 0. The molecule has 3 heteroatoms. The second-order valence-corrected chi connectivity index (χ2v) is 3.13. The summed E-state index contributed by atoms with van der Waals surface area (Å²) in [7, 11) is 0. The fraction of sp³-hybridized carbons (Fsp3) is 0.750. The van der Waals surface area contributed by atoms with Crippen LogP contribution in [0.15, 0.2) is 12.2 Å². The van der Waals surface area contributed by atoms with Crippen LogP contribution in [-0.4, -0.2) is 30.7 Å². The van der Waals surface area contributed by atoms with Crippen molar-refractivity contribution in [3.8, 4) is 0 Å². The quantitative estimate of drug-likeness (QED) is 0.512. The Morgan fingerprint density at radius 1 is 1.55 bits per heavy atom. The van der Waals surface area contributed by atoms with Crippen molar-refractivity contribution in [3.05, 3.63) is 12.2 Å². The van der Waals surface area contributed by atoms with Crippen LogP contribution in [0.25, 0.3) is 0 Å². The van der Waals surface area contributed by atoms with E-state index in [1.54, 1.807) is 0 Å². The van der Waals surface area contributed by atoms with Crippen molar-refractivity contribution >= 4 is 0 Å². The minimum Gasteiger partial charge on any atom is -0.389 e. The van der Waals surface area contributed by atoms with Gasteiger partial charge in [-0.1, -0.05) is 6.58 Å². The summed E-state index contributed by atoms with van der Waals surface area (Å²) in [6, 6.07) is 0. The third-order valence-corrected chi connectivity index (χ3v) is 2.47. The molecule has 3 nitrogen and oxygen atoms in total. The molecule has 0 bridgehead atoms. The van der Waals surface area contributed by atoms with E-state index in [9.17, 15) is 5.11 Å². The van der Waals surface area contributed by atoms with Crippen LogP contribution in [0.5, 0.6) is 0 Å². The lowest BCUT2D eigenvalue weighted by molar-refractivity contribution is -0.154. The predicted octanol–water partition coefficient (Wildman–Crippen LogP) is 0.296. The molecule has 1 aliphatic heterocycles. The van der Waals surface area contributed by atoms with E-state index in [-0.39, 0.29) is 18.1 Å². The van der Waals surface area contributed by atoms with Crippen LogP contribution in [0.4, 0.5) is 0 Å². The summed E-state index contributed by atoms with van der Waals surface area (Å²) in [5, 5.41) is 9.39. The molecular formula is C8H12O3. The Bertz CT molecular complexity index is 178. The zero-order valence-electron chi connectivity index (χ0n) is 6.32. The van der Waals surface area contributed by atoms with Gasteiger partial charge in [-0.2, -0.15) is 0 Å².